The van der Waals surface area contributed by atoms with Gasteiger partial charge in [0.15, 0.2) is 0 Å². The van der Waals surface area contributed by atoms with E-state index >= 15 is 0 Å². The zero-order chi connectivity index (χ0) is 14.9. The van der Waals surface area contributed by atoms with E-state index in [4.69, 9.17) is 0 Å². The lowest BCUT2D eigenvalue weighted by atomic mass is 10.0. The molecule has 0 atom stereocenters. The summed E-state index contributed by atoms with van der Waals surface area (Å²) >= 11 is 0. The lowest BCUT2D eigenvalue weighted by Gasteiger charge is -2.32. The van der Waals surface area contributed by atoms with Gasteiger partial charge in [0.25, 0.3) is 10.2 Å². The Bertz CT molecular complexity index is 645. The van der Waals surface area contributed by atoms with Gasteiger partial charge in [0.05, 0.1) is 0 Å². The number of carbonyl (C=O) groups excluding carboxylic acids is 1. The highest BCUT2D eigenvalue weighted by molar-refractivity contribution is 7.86. The van der Waals surface area contributed by atoms with Gasteiger partial charge in [0.1, 0.15) is 0 Å². The summed E-state index contributed by atoms with van der Waals surface area (Å²) in [6, 6.07) is 7.94. The first-order valence-corrected chi connectivity index (χ1v) is 8.56. The summed E-state index contributed by atoms with van der Waals surface area (Å²) in [5.74, 6) is -0.0864. The largest absolute Gasteiger partial charge is 0.355 e. The van der Waals surface area contributed by atoms with Gasteiger partial charge in [-0.25, -0.2) is 0 Å². The fraction of sp³-hybridized carbons (Fsp3) is 0.500. The molecule has 1 aromatic rings. The monoisotopic (exact) mass is 309 g/mol. The molecular weight excluding hydrogens is 290 g/mol. The summed E-state index contributed by atoms with van der Waals surface area (Å²) in [6.45, 7) is 1.88. The van der Waals surface area contributed by atoms with Crippen LogP contribution >= 0.6 is 0 Å². The van der Waals surface area contributed by atoms with Crippen LogP contribution in [0.4, 0.5) is 0 Å². The molecule has 0 spiro atoms. The molecule has 1 amide bonds. The van der Waals surface area contributed by atoms with Crippen molar-refractivity contribution in [3.63, 3.8) is 0 Å². The molecule has 21 heavy (non-hydrogen) atoms. The molecule has 2 heterocycles. The maximum atomic E-state index is 12.7. The topological polar surface area (TPSA) is 69.7 Å². The fourth-order valence-corrected chi connectivity index (χ4v) is 4.40. The molecule has 1 fully saturated rings. The normalized spacial score (nSPS) is 21.4. The highest BCUT2D eigenvalue weighted by atomic mass is 32.2. The van der Waals surface area contributed by atoms with E-state index in [0.717, 1.165) is 12.0 Å². The number of hydrogen-bond acceptors (Lipinski definition) is 3. The van der Waals surface area contributed by atoms with Gasteiger partial charge in [-0.15, -0.1) is 0 Å². The lowest BCUT2D eigenvalue weighted by Crippen LogP contribution is -2.46. The van der Waals surface area contributed by atoms with Gasteiger partial charge >= 0.3 is 0 Å². The molecule has 2 aliphatic heterocycles. The van der Waals surface area contributed by atoms with Crippen LogP contribution in [0.1, 0.15) is 17.5 Å². The molecule has 1 saturated heterocycles. The van der Waals surface area contributed by atoms with Gasteiger partial charge in [-0.1, -0.05) is 24.3 Å². The summed E-state index contributed by atoms with van der Waals surface area (Å²) in [4.78, 5) is 11.3. The average molecular weight is 309 g/mol. The van der Waals surface area contributed by atoms with Crippen molar-refractivity contribution in [3.8, 4) is 0 Å². The summed E-state index contributed by atoms with van der Waals surface area (Å²) in [5.41, 5.74) is 2.29. The zero-order valence-corrected chi connectivity index (χ0v) is 12.6. The molecule has 0 aromatic heterocycles. The zero-order valence-electron chi connectivity index (χ0n) is 11.8. The van der Waals surface area contributed by atoms with Crippen LogP contribution in [-0.2, 0) is 28.0 Å². The van der Waals surface area contributed by atoms with E-state index in [-0.39, 0.29) is 18.9 Å². The molecular formula is C14H19N3O3S. The number of fused-ring (bicyclic) bond motifs is 1. The van der Waals surface area contributed by atoms with Crippen LogP contribution in [0.3, 0.4) is 0 Å². The third-order valence-corrected chi connectivity index (χ3v) is 6.00. The second-order valence-corrected chi connectivity index (χ2v) is 7.29. The maximum Gasteiger partial charge on any atom is 0.282 e. The molecule has 0 bridgehead atoms. The van der Waals surface area contributed by atoms with Crippen molar-refractivity contribution in [2.75, 3.05) is 26.2 Å². The molecule has 0 saturated carbocycles. The average Bonchev–Trinajstić information content (AvgIpc) is 2.72. The van der Waals surface area contributed by atoms with Crippen molar-refractivity contribution in [2.45, 2.75) is 19.4 Å². The molecule has 3 rings (SSSR count). The van der Waals surface area contributed by atoms with Crippen LogP contribution in [-0.4, -0.2) is 49.1 Å². The second kappa shape index (κ2) is 5.75. The van der Waals surface area contributed by atoms with E-state index in [0.29, 0.717) is 26.2 Å². The van der Waals surface area contributed by atoms with E-state index in [2.05, 4.69) is 5.32 Å². The molecule has 1 aromatic carbocycles. The summed E-state index contributed by atoms with van der Waals surface area (Å²) in [5, 5.41) is 2.70. The first-order valence-electron chi connectivity index (χ1n) is 7.16. The van der Waals surface area contributed by atoms with Crippen molar-refractivity contribution in [1.29, 1.82) is 0 Å². The van der Waals surface area contributed by atoms with E-state index in [1.807, 2.05) is 24.3 Å². The molecule has 6 nitrogen and oxygen atoms in total. The second-order valence-electron chi connectivity index (χ2n) is 5.36. The van der Waals surface area contributed by atoms with Crippen molar-refractivity contribution in [1.82, 2.24) is 13.9 Å². The molecule has 114 valence electrons. The Balaban J connectivity index is 1.78. The Morgan fingerprint density at radius 1 is 0.952 bits per heavy atom. The van der Waals surface area contributed by atoms with Crippen molar-refractivity contribution >= 4 is 16.1 Å². The number of nitrogens with one attached hydrogen (secondary N) is 1. The van der Waals surface area contributed by atoms with Crippen LogP contribution in [0.5, 0.6) is 0 Å². The Labute approximate surface area is 124 Å². The van der Waals surface area contributed by atoms with Crippen LogP contribution in [0.25, 0.3) is 0 Å². The van der Waals surface area contributed by atoms with E-state index in [1.54, 1.807) is 0 Å². The smallest absolute Gasteiger partial charge is 0.282 e. The van der Waals surface area contributed by atoms with Gasteiger partial charge in [-0.3, -0.25) is 4.79 Å². The van der Waals surface area contributed by atoms with Crippen molar-refractivity contribution in [3.05, 3.63) is 35.4 Å². The molecule has 0 radical (unpaired) electrons. The van der Waals surface area contributed by atoms with Crippen LogP contribution < -0.4 is 5.32 Å². The minimum Gasteiger partial charge on any atom is -0.355 e. The third kappa shape index (κ3) is 2.95. The predicted octanol–water partition coefficient (Wildman–Crippen LogP) is 0.111. The fourth-order valence-electron chi connectivity index (χ4n) is 2.81. The first-order chi connectivity index (χ1) is 10.1. The summed E-state index contributed by atoms with van der Waals surface area (Å²) in [7, 11) is -3.50. The Morgan fingerprint density at radius 3 is 2.48 bits per heavy atom. The molecule has 0 aliphatic carbocycles. The molecule has 2 aliphatic rings. The number of hydrogen-bond donors (Lipinski definition) is 1. The van der Waals surface area contributed by atoms with Crippen molar-refractivity contribution < 1.29 is 13.2 Å². The third-order valence-electron chi connectivity index (χ3n) is 4.02. The quantitative estimate of drug-likeness (QED) is 0.843. The summed E-state index contributed by atoms with van der Waals surface area (Å²) < 4.78 is 28.4. The van der Waals surface area contributed by atoms with E-state index in [1.165, 1.54) is 14.2 Å². The maximum absolute atomic E-state index is 12.7. The molecule has 1 N–H and O–H groups in total. The number of carbonyl (C=O) groups is 1. The van der Waals surface area contributed by atoms with E-state index in [9.17, 15) is 13.2 Å². The van der Waals surface area contributed by atoms with Gasteiger partial charge in [-0.2, -0.15) is 17.0 Å². The number of benzene rings is 1. The van der Waals surface area contributed by atoms with Crippen molar-refractivity contribution in [2.24, 2.45) is 0 Å². The van der Waals surface area contributed by atoms with Gasteiger partial charge in [0, 0.05) is 39.1 Å². The molecule has 0 unspecified atom stereocenters. The minimum absolute atomic E-state index is 0.0864. The highest BCUT2D eigenvalue weighted by Gasteiger charge is 2.33. The van der Waals surface area contributed by atoms with Gasteiger partial charge in [0.2, 0.25) is 5.91 Å². The highest BCUT2D eigenvalue weighted by Crippen LogP contribution is 2.22. The Morgan fingerprint density at radius 2 is 1.67 bits per heavy atom. The number of amides is 1. The predicted molar refractivity (Wildman–Crippen MR) is 78.7 cm³/mol. The minimum atomic E-state index is -3.50. The summed E-state index contributed by atoms with van der Waals surface area (Å²) in [6.07, 6.45) is 0.962. The lowest BCUT2D eigenvalue weighted by molar-refractivity contribution is -0.120. The Hall–Kier alpha value is -1.44. The van der Waals surface area contributed by atoms with Gasteiger partial charge < -0.3 is 5.32 Å². The van der Waals surface area contributed by atoms with Gasteiger partial charge in [-0.05, 0) is 17.5 Å². The van der Waals surface area contributed by atoms with Crippen LogP contribution in [0.2, 0.25) is 0 Å². The SMILES string of the molecule is O=C1CCN(S(=O)(=O)N2CCc3ccccc3C2)CCN1. The van der Waals surface area contributed by atoms with E-state index < -0.39 is 10.2 Å². The standard InChI is InChI=1S/C14H19N3O3S/c18-14-6-9-16(10-7-15-14)21(19,20)17-8-5-12-3-1-2-4-13(12)11-17/h1-4H,5-11H2,(H,15,18). The Kier molecular flexibility index (Phi) is 3.97. The van der Waals surface area contributed by atoms with Crippen LogP contribution in [0, 0.1) is 0 Å². The number of nitrogens with zero attached hydrogens (tertiary/aromatic N) is 2. The molecule has 7 heteroatoms. The first kappa shape index (κ1) is 14.5. The van der Waals surface area contributed by atoms with Crippen LogP contribution in [0.15, 0.2) is 24.3 Å². The number of rotatable bonds is 2.